The van der Waals surface area contributed by atoms with Crippen molar-refractivity contribution in [1.29, 1.82) is 0 Å². The number of nitrogens with one attached hydrogen (secondary N) is 1. The van der Waals surface area contributed by atoms with Crippen LogP contribution in [-0.4, -0.2) is 43.4 Å². The Hall–Kier alpha value is -1.01. The highest BCUT2D eigenvalue weighted by Gasteiger charge is 2.13. The molecule has 0 amide bonds. The van der Waals surface area contributed by atoms with Crippen molar-refractivity contribution in [1.82, 2.24) is 10.4 Å². The summed E-state index contributed by atoms with van der Waals surface area (Å²) in [5.41, 5.74) is 10.3. The molecule has 1 aromatic rings. The summed E-state index contributed by atoms with van der Waals surface area (Å²) in [5, 5.41) is 0. The van der Waals surface area contributed by atoms with Gasteiger partial charge < -0.3 is 5.73 Å². The minimum atomic E-state index is 0.248. The van der Waals surface area contributed by atoms with Crippen molar-refractivity contribution in [3.8, 4) is 0 Å². The topological polar surface area (TPSA) is 50.5 Å². The van der Waals surface area contributed by atoms with E-state index < -0.39 is 0 Å². The first-order valence-corrected chi connectivity index (χ1v) is 8.40. The van der Waals surface area contributed by atoms with Gasteiger partial charge in [-0.2, -0.15) is 0 Å². The maximum atomic E-state index is 6.22. The maximum Gasteiger partial charge on any atom is 0.0636 e. The highest BCUT2D eigenvalue weighted by atomic mass is 32.2. The Morgan fingerprint density at radius 2 is 2.19 bits per heavy atom. The van der Waals surface area contributed by atoms with E-state index in [9.17, 15) is 0 Å². The molecule has 0 spiro atoms. The van der Waals surface area contributed by atoms with Crippen LogP contribution in [0.3, 0.4) is 0 Å². The van der Waals surface area contributed by atoms with Crippen LogP contribution in [0.15, 0.2) is 47.0 Å². The van der Waals surface area contributed by atoms with Crippen LogP contribution in [-0.2, 0) is 4.84 Å². The van der Waals surface area contributed by atoms with E-state index in [4.69, 9.17) is 10.6 Å². The molecule has 2 rings (SSSR count). The molecule has 4 nitrogen and oxygen atoms in total. The molecule has 1 heterocycles. The fourth-order valence-corrected chi connectivity index (χ4v) is 3.21. The molecule has 3 N–H and O–H groups in total. The van der Waals surface area contributed by atoms with Crippen LogP contribution in [0.5, 0.6) is 0 Å². The maximum absolute atomic E-state index is 6.22. The molecule has 1 aliphatic heterocycles. The van der Waals surface area contributed by atoms with Crippen molar-refractivity contribution in [3.05, 3.63) is 42.1 Å². The Kier molecular flexibility index (Phi) is 7.09. The molecule has 21 heavy (non-hydrogen) atoms. The summed E-state index contributed by atoms with van der Waals surface area (Å²) in [6.07, 6.45) is 4.25. The number of nitrogens with zero attached hydrogens (tertiary/aromatic N) is 1. The van der Waals surface area contributed by atoms with Crippen LogP contribution in [0.4, 0.5) is 0 Å². The van der Waals surface area contributed by atoms with Gasteiger partial charge in [-0.15, -0.1) is 11.8 Å². The fourth-order valence-electron chi connectivity index (χ4n) is 2.29. The van der Waals surface area contributed by atoms with E-state index in [1.165, 1.54) is 10.6 Å². The van der Waals surface area contributed by atoms with E-state index in [2.05, 4.69) is 40.7 Å². The Morgan fingerprint density at radius 1 is 1.38 bits per heavy atom. The first-order chi connectivity index (χ1) is 10.3. The molecular weight excluding hydrogens is 282 g/mol. The number of hydrogen-bond acceptors (Lipinski definition) is 5. The molecule has 116 valence electrons. The van der Waals surface area contributed by atoms with Crippen LogP contribution in [0, 0.1) is 0 Å². The first-order valence-electron chi connectivity index (χ1n) is 7.41. The fraction of sp³-hybridized carbons (Fsp3) is 0.500. The van der Waals surface area contributed by atoms with E-state index >= 15 is 0 Å². The molecule has 1 aromatic carbocycles. The zero-order valence-corrected chi connectivity index (χ0v) is 13.4. The first kappa shape index (κ1) is 16.4. The number of rotatable bonds is 8. The molecule has 5 heteroatoms. The lowest BCUT2D eigenvalue weighted by molar-refractivity contribution is 0.109. The van der Waals surface area contributed by atoms with Gasteiger partial charge in [0.25, 0.3) is 0 Å². The molecule has 0 saturated heterocycles. The number of hydroxylamine groups is 1. The smallest absolute Gasteiger partial charge is 0.0636 e. The van der Waals surface area contributed by atoms with Crippen LogP contribution in [0.2, 0.25) is 0 Å². The van der Waals surface area contributed by atoms with Crippen molar-refractivity contribution in [2.24, 2.45) is 5.73 Å². The van der Waals surface area contributed by atoms with Gasteiger partial charge in [-0.05, 0) is 31.2 Å². The summed E-state index contributed by atoms with van der Waals surface area (Å²) in [4.78, 5) is 8.66. The van der Waals surface area contributed by atoms with E-state index in [1.807, 2.05) is 17.8 Å². The van der Waals surface area contributed by atoms with Crippen molar-refractivity contribution < 1.29 is 4.84 Å². The normalized spacial score (nSPS) is 17.3. The average molecular weight is 307 g/mol. The highest BCUT2D eigenvalue weighted by Crippen LogP contribution is 2.18. The van der Waals surface area contributed by atoms with E-state index in [0.717, 1.165) is 38.2 Å². The third kappa shape index (κ3) is 6.09. The average Bonchev–Trinajstić information content (AvgIpc) is 2.53. The monoisotopic (exact) mass is 307 g/mol. The number of benzene rings is 1. The van der Waals surface area contributed by atoms with Gasteiger partial charge in [0, 0.05) is 41.9 Å². The predicted molar refractivity (Wildman–Crippen MR) is 89.0 cm³/mol. The van der Waals surface area contributed by atoms with Crippen molar-refractivity contribution in [2.45, 2.75) is 23.8 Å². The predicted octanol–water partition coefficient (Wildman–Crippen LogP) is 2.24. The van der Waals surface area contributed by atoms with Crippen LogP contribution in [0.25, 0.3) is 0 Å². The lowest BCUT2D eigenvalue weighted by Gasteiger charge is -2.27. The van der Waals surface area contributed by atoms with E-state index in [1.54, 1.807) is 7.11 Å². The molecule has 1 aliphatic rings. The van der Waals surface area contributed by atoms with Gasteiger partial charge in [0.1, 0.15) is 0 Å². The molecular formula is C16H25N3OS. The number of hydrogen-bond donors (Lipinski definition) is 2. The molecule has 1 unspecified atom stereocenters. The summed E-state index contributed by atoms with van der Waals surface area (Å²) in [5.74, 6) is 0.976. The lowest BCUT2D eigenvalue weighted by Crippen LogP contribution is -2.36. The number of thioether (sulfide) groups is 1. The van der Waals surface area contributed by atoms with Gasteiger partial charge in [-0.3, -0.25) is 15.2 Å². The second-order valence-corrected chi connectivity index (χ2v) is 6.35. The van der Waals surface area contributed by atoms with Gasteiger partial charge in [-0.1, -0.05) is 18.2 Å². The van der Waals surface area contributed by atoms with Crippen LogP contribution < -0.4 is 11.2 Å². The molecule has 1 atom stereocenters. The second-order valence-electron chi connectivity index (χ2n) is 5.26. The zero-order chi connectivity index (χ0) is 14.9. The second kappa shape index (κ2) is 9.10. The van der Waals surface area contributed by atoms with Crippen molar-refractivity contribution >= 4 is 11.8 Å². The molecule has 0 fully saturated rings. The van der Waals surface area contributed by atoms with Gasteiger partial charge >= 0.3 is 0 Å². The molecule has 0 aliphatic carbocycles. The Bertz CT molecular complexity index is 438. The van der Waals surface area contributed by atoms with Gasteiger partial charge in [0.05, 0.1) is 7.11 Å². The molecule has 0 aromatic heterocycles. The van der Waals surface area contributed by atoms with E-state index in [0.29, 0.717) is 0 Å². The Labute approximate surface area is 131 Å². The quantitative estimate of drug-likeness (QED) is 0.570. The zero-order valence-electron chi connectivity index (χ0n) is 12.6. The van der Waals surface area contributed by atoms with Gasteiger partial charge in [0.2, 0.25) is 0 Å². The molecule has 0 radical (unpaired) electrons. The third-order valence-corrected chi connectivity index (χ3v) is 4.75. The summed E-state index contributed by atoms with van der Waals surface area (Å²) in [6, 6.07) is 10.7. The van der Waals surface area contributed by atoms with Crippen LogP contribution >= 0.6 is 11.8 Å². The summed E-state index contributed by atoms with van der Waals surface area (Å²) < 4.78 is 0. The number of nitrogens with two attached hydrogens (primary N) is 1. The summed E-state index contributed by atoms with van der Waals surface area (Å²) in [7, 11) is 1.65. The third-order valence-electron chi connectivity index (χ3n) is 3.55. The van der Waals surface area contributed by atoms with Gasteiger partial charge in [0.15, 0.2) is 0 Å². The van der Waals surface area contributed by atoms with Crippen LogP contribution in [0.1, 0.15) is 12.8 Å². The highest BCUT2D eigenvalue weighted by molar-refractivity contribution is 7.99. The Morgan fingerprint density at radius 3 is 2.86 bits per heavy atom. The molecule has 0 bridgehead atoms. The summed E-state index contributed by atoms with van der Waals surface area (Å²) >= 11 is 1.84. The Balaban J connectivity index is 1.62. The lowest BCUT2D eigenvalue weighted by atomic mass is 10.1. The SMILES string of the molecule is CONC1=CCN(CCC(N)CSc2ccccc2)CC1. The largest absolute Gasteiger partial charge is 0.327 e. The molecule has 0 saturated carbocycles. The van der Waals surface area contributed by atoms with Crippen molar-refractivity contribution in [2.75, 3.05) is 32.5 Å². The van der Waals surface area contributed by atoms with Gasteiger partial charge in [-0.25, -0.2) is 0 Å². The van der Waals surface area contributed by atoms with E-state index in [-0.39, 0.29) is 6.04 Å². The minimum absolute atomic E-state index is 0.248. The summed E-state index contributed by atoms with van der Waals surface area (Å²) in [6.45, 7) is 3.11. The minimum Gasteiger partial charge on any atom is -0.327 e. The standard InChI is InChI=1S/C16H25N3OS/c1-20-18-15-8-11-19(12-9-15)10-7-14(17)13-21-16-5-3-2-4-6-16/h2-6,8,14,18H,7,9-13,17H2,1H3. The van der Waals surface area contributed by atoms with Crippen molar-refractivity contribution in [3.63, 3.8) is 0 Å².